The highest BCUT2D eigenvalue weighted by molar-refractivity contribution is 5.93. The molecule has 6 nitrogen and oxygen atoms in total. The van der Waals surface area contributed by atoms with Crippen LogP contribution in [0.1, 0.15) is 47.6 Å². The maximum Gasteiger partial charge on any atom is 0.255 e. The molecule has 1 aliphatic heterocycles. The summed E-state index contributed by atoms with van der Waals surface area (Å²) < 4.78 is 15.4. The van der Waals surface area contributed by atoms with Gasteiger partial charge in [0.2, 0.25) is 0 Å². The van der Waals surface area contributed by atoms with Gasteiger partial charge < -0.3 is 9.47 Å². The summed E-state index contributed by atoms with van der Waals surface area (Å²) in [5.41, 5.74) is 2.36. The molecule has 0 atom stereocenters. The van der Waals surface area contributed by atoms with Crippen LogP contribution in [-0.2, 0) is 13.0 Å². The average molecular weight is 407 g/mol. The number of benzene rings is 1. The number of nitrogens with zero attached hydrogens (tertiary/aromatic N) is 5. The van der Waals surface area contributed by atoms with Crippen molar-refractivity contribution in [2.75, 3.05) is 13.1 Å². The van der Waals surface area contributed by atoms with E-state index >= 15 is 0 Å². The zero-order valence-corrected chi connectivity index (χ0v) is 17.2. The van der Waals surface area contributed by atoms with Gasteiger partial charge in [-0.3, -0.25) is 9.78 Å². The third kappa shape index (κ3) is 4.56. The summed E-state index contributed by atoms with van der Waals surface area (Å²) in [5.74, 6) is 1.35. The van der Waals surface area contributed by atoms with Crippen LogP contribution in [-0.4, -0.2) is 43.6 Å². The Kier molecular flexibility index (Phi) is 6.16. The largest absolute Gasteiger partial charge is 0.338 e. The van der Waals surface area contributed by atoms with Crippen LogP contribution in [0, 0.1) is 12.7 Å². The standard InChI is InChI=1S/C23H26FN5O/c1-17-6-7-19(16-25-17)23(30)28-13-4-2-3-5-14-29-21(12-15-28)26-27-22(29)18-8-10-20(24)11-9-18/h6-11,16H,2-5,12-15H2,1H3. The third-order valence-electron chi connectivity index (χ3n) is 5.54. The van der Waals surface area contributed by atoms with Crippen molar-refractivity contribution in [3.63, 3.8) is 0 Å². The Hall–Kier alpha value is -3.09. The number of fused-ring (bicyclic) bond motifs is 1. The van der Waals surface area contributed by atoms with Crippen molar-refractivity contribution in [2.45, 2.75) is 45.6 Å². The predicted molar refractivity (Wildman–Crippen MR) is 112 cm³/mol. The number of aromatic nitrogens is 4. The molecule has 0 radical (unpaired) electrons. The van der Waals surface area contributed by atoms with Gasteiger partial charge in [0.25, 0.3) is 5.91 Å². The van der Waals surface area contributed by atoms with Crippen LogP contribution < -0.4 is 0 Å². The minimum Gasteiger partial charge on any atom is -0.338 e. The molecule has 0 spiro atoms. The lowest BCUT2D eigenvalue weighted by Crippen LogP contribution is -2.34. The van der Waals surface area contributed by atoms with Gasteiger partial charge in [-0.05, 0) is 56.2 Å². The van der Waals surface area contributed by atoms with Crippen LogP contribution in [0.4, 0.5) is 4.39 Å². The number of halogens is 1. The van der Waals surface area contributed by atoms with E-state index in [4.69, 9.17) is 0 Å². The smallest absolute Gasteiger partial charge is 0.255 e. The summed E-state index contributed by atoms with van der Waals surface area (Å²) in [6.45, 7) is 4.04. The molecule has 1 aliphatic rings. The Labute approximate surface area is 175 Å². The second kappa shape index (κ2) is 9.15. The number of aryl methyl sites for hydroxylation is 1. The van der Waals surface area contributed by atoms with Crippen molar-refractivity contribution in [1.29, 1.82) is 0 Å². The number of amides is 1. The highest BCUT2D eigenvalue weighted by Gasteiger charge is 2.20. The number of carbonyl (C=O) groups excluding carboxylic acids is 1. The second-order valence-electron chi connectivity index (χ2n) is 7.74. The van der Waals surface area contributed by atoms with E-state index in [1.54, 1.807) is 18.3 Å². The fraction of sp³-hybridized carbons (Fsp3) is 0.391. The molecule has 0 bridgehead atoms. The summed E-state index contributed by atoms with van der Waals surface area (Å²) in [5, 5.41) is 8.79. The highest BCUT2D eigenvalue weighted by atomic mass is 19.1. The summed E-state index contributed by atoms with van der Waals surface area (Å²) in [6.07, 6.45) is 6.43. The Bertz CT molecular complexity index is 997. The van der Waals surface area contributed by atoms with Gasteiger partial charge in [0, 0.05) is 43.5 Å². The number of pyridine rings is 1. The van der Waals surface area contributed by atoms with Gasteiger partial charge in [0.1, 0.15) is 11.6 Å². The van der Waals surface area contributed by atoms with Crippen molar-refractivity contribution in [1.82, 2.24) is 24.6 Å². The van der Waals surface area contributed by atoms with E-state index in [-0.39, 0.29) is 11.7 Å². The van der Waals surface area contributed by atoms with Crippen molar-refractivity contribution < 1.29 is 9.18 Å². The SMILES string of the molecule is Cc1ccc(C(=O)N2CCCCCCn3c(nnc3-c3ccc(F)cc3)CC2)cn1. The maximum absolute atomic E-state index is 13.3. The molecule has 0 unspecified atom stereocenters. The third-order valence-corrected chi connectivity index (χ3v) is 5.54. The number of hydrogen-bond acceptors (Lipinski definition) is 4. The molecule has 0 fully saturated rings. The molecule has 1 amide bonds. The molecule has 3 heterocycles. The first-order chi connectivity index (χ1) is 14.6. The summed E-state index contributed by atoms with van der Waals surface area (Å²) in [4.78, 5) is 19.2. The first-order valence-corrected chi connectivity index (χ1v) is 10.5. The molecule has 1 aromatic carbocycles. The topological polar surface area (TPSA) is 63.9 Å². The molecule has 7 heteroatoms. The molecule has 30 heavy (non-hydrogen) atoms. The minimum atomic E-state index is -0.268. The molecule has 0 N–H and O–H groups in total. The number of hydrogen-bond donors (Lipinski definition) is 0. The monoisotopic (exact) mass is 407 g/mol. The summed E-state index contributed by atoms with van der Waals surface area (Å²) in [7, 11) is 0. The van der Waals surface area contributed by atoms with E-state index in [1.165, 1.54) is 12.1 Å². The van der Waals surface area contributed by atoms with Gasteiger partial charge in [-0.15, -0.1) is 10.2 Å². The van der Waals surface area contributed by atoms with E-state index in [1.807, 2.05) is 24.0 Å². The Morgan fingerprint density at radius 1 is 0.933 bits per heavy atom. The fourth-order valence-electron chi connectivity index (χ4n) is 3.82. The molecule has 0 saturated heterocycles. The van der Waals surface area contributed by atoms with Crippen molar-refractivity contribution >= 4 is 5.91 Å². The molecule has 0 aliphatic carbocycles. The second-order valence-corrected chi connectivity index (χ2v) is 7.74. The normalized spacial score (nSPS) is 15.3. The van der Waals surface area contributed by atoms with Gasteiger partial charge in [-0.25, -0.2) is 4.39 Å². The Morgan fingerprint density at radius 2 is 1.70 bits per heavy atom. The van der Waals surface area contributed by atoms with Crippen molar-refractivity contribution in [3.8, 4) is 11.4 Å². The fourth-order valence-corrected chi connectivity index (χ4v) is 3.82. The van der Waals surface area contributed by atoms with Crippen LogP contribution in [0.15, 0.2) is 42.6 Å². The molecular formula is C23H26FN5O. The highest BCUT2D eigenvalue weighted by Crippen LogP contribution is 2.21. The van der Waals surface area contributed by atoms with Gasteiger partial charge >= 0.3 is 0 Å². The van der Waals surface area contributed by atoms with Crippen molar-refractivity contribution in [2.24, 2.45) is 0 Å². The lowest BCUT2D eigenvalue weighted by molar-refractivity contribution is 0.0753. The minimum absolute atomic E-state index is 0.00608. The van der Waals surface area contributed by atoms with Crippen LogP contribution in [0.2, 0.25) is 0 Å². The van der Waals surface area contributed by atoms with Crippen molar-refractivity contribution in [3.05, 3.63) is 65.5 Å². The molecule has 3 aromatic rings. The van der Waals surface area contributed by atoms with Crippen LogP contribution in [0.3, 0.4) is 0 Å². The Balaban J connectivity index is 1.57. The lowest BCUT2D eigenvalue weighted by Gasteiger charge is -2.22. The Morgan fingerprint density at radius 3 is 2.43 bits per heavy atom. The van der Waals surface area contributed by atoms with Crippen LogP contribution >= 0.6 is 0 Å². The number of rotatable bonds is 2. The maximum atomic E-state index is 13.3. The van der Waals surface area contributed by atoms with E-state index < -0.39 is 0 Å². The zero-order chi connectivity index (χ0) is 20.9. The van der Waals surface area contributed by atoms with E-state index in [0.717, 1.165) is 61.7 Å². The van der Waals surface area contributed by atoms with Crippen LogP contribution in [0.5, 0.6) is 0 Å². The van der Waals surface area contributed by atoms with E-state index in [2.05, 4.69) is 19.7 Å². The molecule has 4 rings (SSSR count). The van der Waals surface area contributed by atoms with Gasteiger partial charge in [-0.2, -0.15) is 0 Å². The summed E-state index contributed by atoms with van der Waals surface area (Å²) in [6, 6.07) is 10.1. The predicted octanol–water partition coefficient (Wildman–Crippen LogP) is 4.05. The first-order valence-electron chi connectivity index (χ1n) is 10.5. The first kappa shape index (κ1) is 20.2. The molecule has 2 aromatic heterocycles. The van der Waals surface area contributed by atoms with Gasteiger partial charge in [0.05, 0.1) is 5.56 Å². The summed E-state index contributed by atoms with van der Waals surface area (Å²) >= 11 is 0. The lowest BCUT2D eigenvalue weighted by atomic mass is 10.1. The zero-order valence-electron chi connectivity index (χ0n) is 17.2. The average Bonchev–Trinajstić information content (AvgIpc) is 3.14. The molecule has 156 valence electrons. The van der Waals surface area contributed by atoms with E-state index in [9.17, 15) is 9.18 Å². The van der Waals surface area contributed by atoms with Gasteiger partial charge in [0.15, 0.2) is 5.82 Å². The van der Waals surface area contributed by atoms with Gasteiger partial charge in [-0.1, -0.05) is 12.8 Å². The van der Waals surface area contributed by atoms with Crippen LogP contribution in [0.25, 0.3) is 11.4 Å². The quantitative estimate of drug-likeness (QED) is 0.643. The number of carbonyl (C=O) groups is 1. The molecular weight excluding hydrogens is 381 g/mol. The molecule has 0 saturated carbocycles. The van der Waals surface area contributed by atoms with E-state index in [0.29, 0.717) is 18.5 Å².